The lowest BCUT2D eigenvalue weighted by Crippen LogP contribution is -2.36. The Bertz CT molecular complexity index is 682. The number of hydrogen-bond acceptors (Lipinski definition) is 3. The molecule has 2 aliphatic rings. The molecule has 0 amide bonds. The van der Waals surface area contributed by atoms with Crippen LogP contribution in [0.2, 0.25) is 0 Å². The van der Waals surface area contributed by atoms with Gasteiger partial charge in [0.25, 0.3) is 0 Å². The topological polar surface area (TPSA) is 63.4 Å². The quantitative estimate of drug-likeness (QED) is 0.812. The minimum atomic E-state index is -3.77. The third-order valence-corrected chi connectivity index (χ3v) is 6.06. The summed E-state index contributed by atoms with van der Waals surface area (Å²) in [6, 6.07) is 3.98. The van der Waals surface area contributed by atoms with Crippen molar-refractivity contribution in [2.75, 3.05) is 6.54 Å². The van der Waals surface area contributed by atoms with Crippen molar-refractivity contribution in [1.82, 2.24) is 4.31 Å². The number of halogens is 1. The predicted octanol–water partition coefficient (Wildman–Crippen LogP) is 2.02. The number of nitrogens with zero attached hydrogens (tertiary/aromatic N) is 1. The van der Waals surface area contributed by atoms with Gasteiger partial charge >= 0.3 is 0 Å². The molecule has 0 aliphatic heterocycles. The van der Waals surface area contributed by atoms with Gasteiger partial charge in [-0.25, -0.2) is 12.8 Å². The van der Waals surface area contributed by atoms with Gasteiger partial charge in [0.2, 0.25) is 10.0 Å². The van der Waals surface area contributed by atoms with E-state index in [0.29, 0.717) is 12.5 Å². The maximum Gasteiger partial charge on any atom is 0.244 e. The maximum atomic E-state index is 13.9. The van der Waals surface area contributed by atoms with Crippen molar-refractivity contribution in [2.24, 2.45) is 11.7 Å². The summed E-state index contributed by atoms with van der Waals surface area (Å²) in [5.41, 5.74) is 5.35. The number of nitrogens with two attached hydrogens (primary N) is 1. The summed E-state index contributed by atoms with van der Waals surface area (Å²) in [7, 11) is -3.77. The van der Waals surface area contributed by atoms with Crippen LogP contribution in [-0.2, 0) is 10.0 Å². The molecule has 1 aromatic carbocycles. The van der Waals surface area contributed by atoms with E-state index in [1.54, 1.807) is 0 Å². The average molecular weight is 328 g/mol. The zero-order valence-electron chi connectivity index (χ0n) is 11.5. The van der Waals surface area contributed by atoms with Gasteiger partial charge in [0, 0.05) is 12.6 Å². The van der Waals surface area contributed by atoms with Crippen LogP contribution in [0.1, 0.15) is 31.2 Å². The van der Waals surface area contributed by atoms with Crippen LogP contribution in [0.4, 0.5) is 4.39 Å². The van der Waals surface area contributed by atoms with E-state index in [2.05, 4.69) is 0 Å². The van der Waals surface area contributed by atoms with Crippen LogP contribution in [0.25, 0.3) is 0 Å². The standard InChI is InChI=1S/C14H17FN2O2S2/c15-11-2-1-3-12(13(11)14(16)20)21(18,19)17(10-6-7-10)8-9-4-5-9/h1-3,9-10H,4-8H2,(H2,16,20). The first-order valence-electron chi connectivity index (χ1n) is 7.01. The number of benzene rings is 1. The lowest BCUT2D eigenvalue weighted by atomic mass is 10.2. The minimum Gasteiger partial charge on any atom is -0.389 e. The summed E-state index contributed by atoms with van der Waals surface area (Å²) in [6.45, 7) is 0.514. The Morgan fingerprint density at radius 2 is 2.00 bits per heavy atom. The Kier molecular flexibility index (Phi) is 3.75. The van der Waals surface area contributed by atoms with Crippen molar-refractivity contribution in [3.05, 3.63) is 29.6 Å². The molecule has 2 N–H and O–H groups in total. The molecule has 114 valence electrons. The van der Waals surface area contributed by atoms with Gasteiger partial charge in [-0.05, 0) is 43.7 Å². The number of sulfonamides is 1. The van der Waals surface area contributed by atoms with Crippen LogP contribution in [0.5, 0.6) is 0 Å². The first-order valence-corrected chi connectivity index (χ1v) is 8.86. The smallest absolute Gasteiger partial charge is 0.244 e. The molecule has 0 heterocycles. The van der Waals surface area contributed by atoms with Crippen molar-refractivity contribution in [1.29, 1.82) is 0 Å². The molecule has 0 radical (unpaired) electrons. The Hall–Kier alpha value is -1.05. The Balaban J connectivity index is 2.04. The molecule has 0 saturated heterocycles. The molecule has 7 heteroatoms. The van der Waals surface area contributed by atoms with Crippen molar-refractivity contribution < 1.29 is 12.8 Å². The highest BCUT2D eigenvalue weighted by Gasteiger charge is 2.42. The molecule has 4 nitrogen and oxygen atoms in total. The van der Waals surface area contributed by atoms with E-state index in [1.807, 2.05) is 0 Å². The highest BCUT2D eigenvalue weighted by molar-refractivity contribution is 7.89. The van der Waals surface area contributed by atoms with E-state index in [-0.39, 0.29) is 21.5 Å². The number of hydrogen-bond donors (Lipinski definition) is 1. The molecule has 0 unspecified atom stereocenters. The van der Waals surface area contributed by atoms with E-state index in [0.717, 1.165) is 25.7 Å². The molecule has 0 atom stereocenters. The van der Waals surface area contributed by atoms with Crippen molar-refractivity contribution in [3.63, 3.8) is 0 Å². The van der Waals surface area contributed by atoms with Crippen LogP contribution in [0.3, 0.4) is 0 Å². The van der Waals surface area contributed by atoms with Crippen molar-refractivity contribution >= 4 is 27.2 Å². The molecule has 2 aliphatic carbocycles. The highest BCUT2D eigenvalue weighted by Crippen LogP contribution is 2.38. The summed E-state index contributed by atoms with van der Waals surface area (Å²) in [4.78, 5) is -0.337. The lowest BCUT2D eigenvalue weighted by Gasteiger charge is -2.23. The van der Waals surface area contributed by atoms with Crippen LogP contribution in [0, 0.1) is 11.7 Å². The van der Waals surface area contributed by atoms with Crippen LogP contribution >= 0.6 is 12.2 Å². The fraction of sp³-hybridized carbons (Fsp3) is 0.500. The van der Waals surface area contributed by atoms with Crippen LogP contribution < -0.4 is 5.73 Å². The predicted molar refractivity (Wildman–Crippen MR) is 81.9 cm³/mol. The van der Waals surface area contributed by atoms with Gasteiger partial charge in [-0.1, -0.05) is 18.3 Å². The van der Waals surface area contributed by atoms with Gasteiger partial charge in [0.05, 0.1) is 10.5 Å². The molecule has 21 heavy (non-hydrogen) atoms. The van der Waals surface area contributed by atoms with Gasteiger partial charge in [-0.15, -0.1) is 0 Å². The third-order valence-electron chi connectivity index (χ3n) is 3.90. The second kappa shape index (κ2) is 5.30. The van der Waals surface area contributed by atoms with Crippen LogP contribution in [0.15, 0.2) is 23.1 Å². The average Bonchev–Trinajstić information content (AvgIpc) is 3.27. The molecule has 2 saturated carbocycles. The summed E-state index contributed by atoms with van der Waals surface area (Å²) < 4.78 is 41.2. The fourth-order valence-corrected chi connectivity index (χ4v) is 4.70. The highest BCUT2D eigenvalue weighted by atomic mass is 32.2. The van der Waals surface area contributed by atoms with Crippen LogP contribution in [-0.4, -0.2) is 30.3 Å². The third kappa shape index (κ3) is 2.95. The molecule has 2 fully saturated rings. The van der Waals surface area contributed by atoms with E-state index in [9.17, 15) is 12.8 Å². The first kappa shape index (κ1) is 14.9. The lowest BCUT2D eigenvalue weighted by molar-refractivity contribution is 0.388. The SMILES string of the molecule is NC(=S)c1c(F)cccc1S(=O)(=O)N(CC1CC1)C1CC1. The Morgan fingerprint density at radius 3 is 2.52 bits per heavy atom. The number of rotatable bonds is 6. The zero-order valence-corrected chi connectivity index (χ0v) is 13.1. The van der Waals surface area contributed by atoms with Gasteiger partial charge in [-0.3, -0.25) is 0 Å². The largest absolute Gasteiger partial charge is 0.389 e. The second-order valence-electron chi connectivity index (χ2n) is 5.73. The second-order valence-corrected chi connectivity index (χ2v) is 8.03. The van der Waals surface area contributed by atoms with Gasteiger partial charge in [0.1, 0.15) is 10.8 Å². The summed E-state index contributed by atoms with van der Waals surface area (Å²) in [5.74, 6) is -0.257. The van der Waals surface area contributed by atoms with Crippen molar-refractivity contribution in [2.45, 2.75) is 36.6 Å². The zero-order chi connectivity index (χ0) is 15.2. The fourth-order valence-electron chi connectivity index (χ4n) is 2.45. The van der Waals surface area contributed by atoms with Gasteiger partial charge < -0.3 is 5.73 Å². The molecule has 1 aromatic rings. The van der Waals surface area contributed by atoms with Crippen molar-refractivity contribution in [3.8, 4) is 0 Å². The van der Waals surface area contributed by atoms with Gasteiger partial charge in [-0.2, -0.15) is 4.31 Å². The molecular weight excluding hydrogens is 311 g/mol. The molecular formula is C14H17FN2O2S2. The Labute approximate surface area is 129 Å². The molecule has 0 aromatic heterocycles. The minimum absolute atomic E-state index is 0.0399. The van der Waals surface area contributed by atoms with Gasteiger partial charge in [0.15, 0.2) is 0 Å². The monoisotopic (exact) mass is 328 g/mol. The summed E-state index contributed by atoms with van der Waals surface area (Å²) >= 11 is 4.83. The normalized spacial score (nSPS) is 19.0. The molecule has 3 rings (SSSR count). The van der Waals surface area contributed by atoms with E-state index >= 15 is 0 Å². The number of thiocarbonyl (C=S) groups is 1. The summed E-state index contributed by atoms with van der Waals surface area (Å²) in [6.07, 6.45) is 3.85. The summed E-state index contributed by atoms with van der Waals surface area (Å²) in [5, 5.41) is 0. The maximum absolute atomic E-state index is 13.9. The molecule has 0 spiro atoms. The first-order chi connectivity index (χ1) is 9.91. The van der Waals surface area contributed by atoms with E-state index in [1.165, 1.54) is 22.5 Å². The molecule has 0 bridgehead atoms. The van der Waals surface area contributed by atoms with E-state index in [4.69, 9.17) is 18.0 Å². The van der Waals surface area contributed by atoms with E-state index < -0.39 is 15.8 Å². The Morgan fingerprint density at radius 1 is 1.33 bits per heavy atom.